The Balaban J connectivity index is 2.81. The van der Waals surface area contributed by atoms with E-state index in [9.17, 15) is 14.9 Å². The van der Waals surface area contributed by atoms with Crippen LogP contribution in [0.3, 0.4) is 0 Å². The molecule has 0 amide bonds. The van der Waals surface area contributed by atoms with Gasteiger partial charge in [-0.2, -0.15) is 0 Å². The molecule has 0 spiro atoms. The van der Waals surface area contributed by atoms with Gasteiger partial charge >= 0.3 is 0 Å². The summed E-state index contributed by atoms with van der Waals surface area (Å²) >= 11 is 0. The van der Waals surface area contributed by atoms with Crippen LogP contribution in [0.2, 0.25) is 0 Å². The van der Waals surface area contributed by atoms with Crippen LogP contribution in [-0.4, -0.2) is 16.7 Å². The maximum atomic E-state index is 12.7. The number of Topliss-reactive ketones (excluding diaryl/α,β-unsaturated/α-hetero) is 1. The number of rotatable bonds is 7. The number of nitrogens with zero attached hydrogens (tertiary/aromatic N) is 1. The first-order valence-corrected chi connectivity index (χ1v) is 8.03. The van der Waals surface area contributed by atoms with E-state index in [-0.39, 0.29) is 28.0 Å². The van der Waals surface area contributed by atoms with Crippen molar-refractivity contribution in [1.29, 1.82) is 0 Å². The van der Waals surface area contributed by atoms with E-state index in [1.54, 1.807) is 0 Å². The Labute approximate surface area is 128 Å². The van der Waals surface area contributed by atoms with Crippen molar-refractivity contribution >= 4 is 5.78 Å². The van der Waals surface area contributed by atoms with Crippen LogP contribution < -0.4 is 0 Å². The molecule has 1 aliphatic carbocycles. The van der Waals surface area contributed by atoms with E-state index >= 15 is 0 Å². The van der Waals surface area contributed by atoms with Crippen LogP contribution >= 0.6 is 0 Å². The molecule has 21 heavy (non-hydrogen) atoms. The summed E-state index contributed by atoms with van der Waals surface area (Å²) in [5.74, 6) is -0.107. The molecule has 0 saturated heterocycles. The summed E-state index contributed by atoms with van der Waals surface area (Å²) in [6.07, 6.45) is 5.80. The lowest BCUT2D eigenvalue weighted by molar-refractivity contribution is -0.532. The fourth-order valence-corrected chi connectivity index (χ4v) is 3.70. The van der Waals surface area contributed by atoms with E-state index in [0.29, 0.717) is 12.8 Å². The summed E-state index contributed by atoms with van der Waals surface area (Å²) in [5.41, 5.74) is 1.10. The molecule has 1 aliphatic rings. The molecule has 0 fully saturated rings. The van der Waals surface area contributed by atoms with Crippen molar-refractivity contribution in [3.05, 3.63) is 21.8 Å². The minimum Gasteiger partial charge on any atom is -0.299 e. The van der Waals surface area contributed by atoms with Gasteiger partial charge in [-0.05, 0) is 31.6 Å². The van der Waals surface area contributed by atoms with Gasteiger partial charge in [0.2, 0.25) is 6.04 Å². The smallest absolute Gasteiger partial charge is 0.216 e. The molecule has 120 valence electrons. The Hall–Kier alpha value is -1.19. The molecular formula is C17H29NO3. The van der Waals surface area contributed by atoms with Crippen LogP contribution in [0.1, 0.15) is 66.7 Å². The fourth-order valence-electron chi connectivity index (χ4n) is 3.70. The van der Waals surface area contributed by atoms with E-state index in [2.05, 4.69) is 19.9 Å². The zero-order valence-electron chi connectivity index (χ0n) is 14.0. The van der Waals surface area contributed by atoms with Crippen LogP contribution in [0.5, 0.6) is 0 Å². The molecule has 3 unspecified atom stereocenters. The molecule has 0 aromatic heterocycles. The SMILES string of the molecule is CCCC(C(C)CC(=O)C1C(C)=CCCC1(C)C)[N+](=O)[O-]. The number of hydrogen-bond acceptors (Lipinski definition) is 3. The van der Waals surface area contributed by atoms with Gasteiger partial charge in [-0.1, -0.05) is 39.3 Å². The third-order valence-electron chi connectivity index (χ3n) is 4.85. The summed E-state index contributed by atoms with van der Waals surface area (Å²) in [7, 11) is 0. The van der Waals surface area contributed by atoms with Gasteiger partial charge in [-0.25, -0.2) is 0 Å². The van der Waals surface area contributed by atoms with Gasteiger partial charge in [-0.3, -0.25) is 14.9 Å². The highest BCUT2D eigenvalue weighted by Gasteiger charge is 2.39. The maximum Gasteiger partial charge on any atom is 0.216 e. The Morgan fingerprint density at radius 3 is 2.62 bits per heavy atom. The van der Waals surface area contributed by atoms with Crippen molar-refractivity contribution < 1.29 is 9.72 Å². The molecule has 0 heterocycles. The van der Waals surface area contributed by atoms with Crippen LogP contribution in [0.4, 0.5) is 0 Å². The lowest BCUT2D eigenvalue weighted by atomic mass is 9.66. The van der Waals surface area contributed by atoms with E-state index in [1.165, 1.54) is 0 Å². The summed E-state index contributed by atoms with van der Waals surface area (Å²) < 4.78 is 0. The minimum absolute atomic E-state index is 0.0372. The second-order valence-corrected chi connectivity index (χ2v) is 7.20. The number of carbonyl (C=O) groups is 1. The van der Waals surface area contributed by atoms with Crippen LogP contribution in [0, 0.1) is 27.4 Å². The first-order chi connectivity index (χ1) is 9.70. The Kier molecular flexibility index (Phi) is 6.11. The summed E-state index contributed by atoms with van der Waals surface area (Å²) in [5, 5.41) is 11.2. The molecule has 0 aromatic carbocycles. The second kappa shape index (κ2) is 7.19. The molecule has 1 rings (SSSR count). The monoisotopic (exact) mass is 295 g/mol. The number of hydrogen-bond donors (Lipinski definition) is 0. The van der Waals surface area contributed by atoms with Crippen LogP contribution in [0.15, 0.2) is 11.6 Å². The predicted octanol–water partition coefficient (Wildman–Crippen LogP) is 4.41. The van der Waals surface area contributed by atoms with Gasteiger partial charge in [0.1, 0.15) is 5.78 Å². The van der Waals surface area contributed by atoms with E-state index < -0.39 is 6.04 Å². The highest BCUT2D eigenvalue weighted by atomic mass is 16.6. The molecule has 0 aliphatic heterocycles. The molecule has 4 nitrogen and oxygen atoms in total. The predicted molar refractivity (Wildman–Crippen MR) is 84.7 cm³/mol. The highest BCUT2D eigenvalue weighted by Crippen LogP contribution is 2.42. The summed E-state index contributed by atoms with van der Waals surface area (Å²) in [4.78, 5) is 23.7. The van der Waals surface area contributed by atoms with Crippen molar-refractivity contribution in [2.45, 2.75) is 72.8 Å². The molecule has 0 radical (unpaired) electrons. The zero-order valence-corrected chi connectivity index (χ0v) is 14.0. The first-order valence-electron chi connectivity index (χ1n) is 8.03. The normalized spacial score (nSPS) is 24.0. The van der Waals surface area contributed by atoms with Crippen LogP contribution in [-0.2, 0) is 4.79 Å². The van der Waals surface area contributed by atoms with Crippen molar-refractivity contribution in [2.75, 3.05) is 0 Å². The van der Waals surface area contributed by atoms with Crippen molar-refractivity contribution in [1.82, 2.24) is 0 Å². The average molecular weight is 295 g/mol. The first kappa shape index (κ1) is 17.9. The molecule has 0 bridgehead atoms. The van der Waals surface area contributed by atoms with Gasteiger partial charge < -0.3 is 0 Å². The van der Waals surface area contributed by atoms with E-state index in [1.807, 2.05) is 20.8 Å². The van der Waals surface area contributed by atoms with Gasteiger partial charge in [0.15, 0.2) is 0 Å². The average Bonchev–Trinajstić information content (AvgIpc) is 2.33. The van der Waals surface area contributed by atoms with Crippen molar-refractivity contribution in [3.63, 3.8) is 0 Å². The third kappa shape index (κ3) is 4.39. The summed E-state index contributed by atoms with van der Waals surface area (Å²) in [6, 6.07) is -0.602. The summed E-state index contributed by atoms with van der Waals surface area (Å²) in [6.45, 7) is 10.1. The molecule has 4 heteroatoms. The van der Waals surface area contributed by atoms with E-state index in [0.717, 1.165) is 24.8 Å². The Morgan fingerprint density at radius 1 is 1.52 bits per heavy atom. The number of nitro groups is 1. The van der Waals surface area contributed by atoms with Crippen molar-refractivity contribution in [3.8, 4) is 0 Å². The quantitative estimate of drug-likeness (QED) is 0.397. The fraction of sp³-hybridized carbons (Fsp3) is 0.824. The zero-order chi connectivity index (χ0) is 16.2. The van der Waals surface area contributed by atoms with Crippen molar-refractivity contribution in [2.24, 2.45) is 17.3 Å². The third-order valence-corrected chi connectivity index (χ3v) is 4.85. The molecule has 0 N–H and O–H groups in total. The second-order valence-electron chi connectivity index (χ2n) is 7.20. The van der Waals surface area contributed by atoms with Gasteiger partial charge in [0.25, 0.3) is 0 Å². The number of carbonyl (C=O) groups excluding carboxylic acids is 1. The largest absolute Gasteiger partial charge is 0.299 e. The topological polar surface area (TPSA) is 60.2 Å². The number of allylic oxidation sites excluding steroid dienone is 2. The Bertz CT molecular complexity index is 426. The lowest BCUT2D eigenvalue weighted by Crippen LogP contribution is -2.37. The van der Waals surface area contributed by atoms with Crippen LogP contribution in [0.25, 0.3) is 0 Å². The Morgan fingerprint density at radius 2 is 2.14 bits per heavy atom. The van der Waals surface area contributed by atoms with Gasteiger partial charge in [0, 0.05) is 29.6 Å². The highest BCUT2D eigenvalue weighted by molar-refractivity contribution is 5.84. The standard InChI is InChI=1S/C17H29NO3/c1-6-8-14(18(20)21)13(3)11-15(19)16-12(2)9-7-10-17(16,4)5/h9,13-14,16H,6-8,10-11H2,1-5H3. The molecule has 0 aromatic rings. The molecule has 0 saturated carbocycles. The lowest BCUT2D eigenvalue weighted by Gasteiger charge is -2.38. The van der Waals surface area contributed by atoms with Gasteiger partial charge in [-0.15, -0.1) is 0 Å². The number of ketones is 1. The maximum absolute atomic E-state index is 12.7. The minimum atomic E-state index is -0.602. The molecule has 3 atom stereocenters. The van der Waals surface area contributed by atoms with Gasteiger partial charge in [0.05, 0.1) is 0 Å². The molecular weight excluding hydrogens is 266 g/mol. The van der Waals surface area contributed by atoms with E-state index in [4.69, 9.17) is 0 Å².